The van der Waals surface area contributed by atoms with Gasteiger partial charge in [0.15, 0.2) is 6.29 Å². The third kappa shape index (κ3) is 1.72. The lowest BCUT2D eigenvalue weighted by Gasteiger charge is -1.98. The van der Waals surface area contributed by atoms with Crippen LogP contribution in [-0.2, 0) is 0 Å². The maximum absolute atomic E-state index is 11.0. The topological polar surface area (TPSA) is 60.7 Å². The number of rotatable bonds is 3. The summed E-state index contributed by atoms with van der Waals surface area (Å²) in [5.74, 6) is 0.741. The van der Waals surface area contributed by atoms with Crippen molar-refractivity contribution in [3.63, 3.8) is 0 Å². The van der Waals surface area contributed by atoms with Gasteiger partial charge in [-0.05, 0) is 18.9 Å². The van der Waals surface area contributed by atoms with Crippen molar-refractivity contribution in [2.75, 3.05) is 0 Å². The van der Waals surface area contributed by atoms with Crippen molar-refractivity contribution < 1.29 is 4.79 Å². The fraction of sp³-hybridized carbons (Fsp3) is 0.273. The van der Waals surface area contributed by atoms with Gasteiger partial charge in [0.05, 0.1) is 11.3 Å². The largest absolute Gasteiger partial charge is 0.298 e. The Morgan fingerprint density at radius 2 is 2.06 bits per heavy atom. The zero-order valence-corrected chi connectivity index (χ0v) is 9.63. The van der Waals surface area contributed by atoms with Crippen molar-refractivity contribution in [2.45, 2.75) is 18.8 Å². The van der Waals surface area contributed by atoms with Gasteiger partial charge in [-0.25, -0.2) is 9.97 Å². The van der Waals surface area contributed by atoms with Gasteiger partial charge in [-0.3, -0.25) is 4.79 Å². The molecule has 0 N–H and O–H groups in total. The van der Waals surface area contributed by atoms with E-state index in [1.807, 2.05) is 0 Å². The highest BCUT2D eigenvalue weighted by atomic mass is 35.5. The third-order valence-electron chi connectivity index (χ3n) is 2.72. The highest BCUT2D eigenvalue weighted by molar-refractivity contribution is 6.32. The van der Waals surface area contributed by atoms with Gasteiger partial charge in [-0.2, -0.15) is 9.78 Å². The van der Waals surface area contributed by atoms with Crippen LogP contribution in [0, 0.1) is 0 Å². The first-order valence-electron chi connectivity index (χ1n) is 5.32. The lowest BCUT2D eigenvalue weighted by atomic mass is 10.2. The fourth-order valence-corrected chi connectivity index (χ4v) is 1.98. The number of nitrogens with zero attached hydrogens (tertiary/aromatic N) is 4. The van der Waals surface area contributed by atoms with Crippen LogP contribution >= 0.6 is 11.6 Å². The van der Waals surface area contributed by atoms with E-state index >= 15 is 0 Å². The van der Waals surface area contributed by atoms with E-state index in [0.717, 1.165) is 24.8 Å². The predicted molar refractivity (Wildman–Crippen MR) is 61.5 cm³/mol. The molecule has 1 saturated carbocycles. The van der Waals surface area contributed by atoms with Gasteiger partial charge in [0.1, 0.15) is 5.15 Å². The van der Waals surface area contributed by atoms with Crippen LogP contribution in [0.15, 0.2) is 18.5 Å². The summed E-state index contributed by atoms with van der Waals surface area (Å²) in [6.07, 6.45) is 6.09. The molecule has 0 atom stereocenters. The Morgan fingerprint density at radius 1 is 1.35 bits per heavy atom. The van der Waals surface area contributed by atoms with Crippen LogP contribution in [0.3, 0.4) is 0 Å². The molecule has 1 aliphatic rings. The maximum Gasteiger partial charge on any atom is 0.251 e. The Balaban J connectivity index is 2.14. The average molecular weight is 249 g/mol. The molecule has 1 aliphatic carbocycles. The molecule has 0 radical (unpaired) electrons. The van der Waals surface area contributed by atoms with E-state index in [-0.39, 0.29) is 5.15 Å². The number of aromatic nitrogens is 4. The lowest BCUT2D eigenvalue weighted by molar-refractivity contribution is 0.112. The van der Waals surface area contributed by atoms with E-state index in [0.29, 0.717) is 17.4 Å². The van der Waals surface area contributed by atoms with Crippen LogP contribution in [0.25, 0.3) is 5.95 Å². The van der Waals surface area contributed by atoms with E-state index in [9.17, 15) is 4.79 Å². The Hall–Kier alpha value is -1.75. The SMILES string of the molecule is O=Cc1c(C2CC2)nn(-c2ncccn2)c1Cl. The highest BCUT2D eigenvalue weighted by Gasteiger charge is 2.31. The summed E-state index contributed by atoms with van der Waals surface area (Å²) < 4.78 is 1.42. The predicted octanol–water partition coefficient (Wildman–Crippen LogP) is 2.01. The fourth-order valence-electron chi connectivity index (χ4n) is 1.73. The van der Waals surface area contributed by atoms with Gasteiger partial charge in [-0.15, -0.1) is 0 Å². The van der Waals surface area contributed by atoms with Crippen molar-refractivity contribution in [3.05, 3.63) is 34.9 Å². The molecule has 0 amide bonds. The average Bonchev–Trinajstić information content (AvgIpc) is 3.15. The summed E-state index contributed by atoms with van der Waals surface area (Å²) in [6.45, 7) is 0. The summed E-state index contributed by atoms with van der Waals surface area (Å²) in [5.41, 5.74) is 1.22. The monoisotopic (exact) mass is 248 g/mol. The van der Waals surface area contributed by atoms with E-state index in [4.69, 9.17) is 11.6 Å². The van der Waals surface area contributed by atoms with Gasteiger partial charge >= 0.3 is 0 Å². The number of hydrogen-bond acceptors (Lipinski definition) is 4. The standard InChI is InChI=1S/C11H9ClN4O/c12-10-8(6-17)9(7-2-3-7)15-16(10)11-13-4-1-5-14-11/h1,4-7H,2-3H2. The van der Waals surface area contributed by atoms with Crippen molar-refractivity contribution >= 4 is 17.9 Å². The van der Waals surface area contributed by atoms with E-state index in [1.165, 1.54) is 4.68 Å². The number of halogens is 1. The molecule has 0 aromatic carbocycles. The second-order valence-electron chi connectivity index (χ2n) is 3.94. The molecule has 0 aliphatic heterocycles. The van der Waals surface area contributed by atoms with Gasteiger partial charge in [-0.1, -0.05) is 11.6 Å². The van der Waals surface area contributed by atoms with Crippen molar-refractivity contribution in [1.29, 1.82) is 0 Å². The molecule has 1 fully saturated rings. The summed E-state index contributed by atoms with van der Waals surface area (Å²) in [5, 5.41) is 4.63. The minimum atomic E-state index is 0.285. The number of carbonyl (C=O) groups excluding carboxylic acids is 1. The van der Waals surface area contributed by atoms with Gasteiger partial charge in [0, 0.05) is 18.3 Å². The van der Waals surface area contributed by atoms with Crippen molar-refractivity contribution in [2.24, 2.45) is 0 Å². The molecule has 3 rings (SSSR count). The smallest absolute Gasteiger partial charge is 0.251 e. The molecule has 0 unspecified atom stereocenters. The summed E-state index contributed by atoms with van der Waals surface area (Å²) >= 11 is 6.13. The maximum atomic E-state index is 11.0. The molecule has 0 spiro atoms. The number of aldehydes is 1. The summed E-state index contributed by atoms with van der Waals surface area (Å²) in [7, 11) is 0. The minimum Gasteiger partial charge on any atom is -0.298 e. The van der Waals surface area contributed by atoms with Crippen LogP contribution in [0.1, 0.15) is 34.8 Å². The second-order valence-corrected chi connectivity index (χ2v) is 4.30. The molecule has 86 valence electrons. The zero-order chi connectivity index (χ0) is 11.8. The Morgan fingerprint density at radius 3 is 2.65 bits per heavy atom. The number of carbonyl (C=O) groups is 1. The third-order valence-corrected chi connectivity index (χ3v) is 3.08. The van der Waals surface area contributed by atoms with Crippen molar-refractivity contribution in [1.82, 2.24) is 19.7 Å². The Bertz CT molecular complexity index is 562. The highest BCUT2D eigenvalue weighted by Crippen LogP contribution is 2.42. The van der Waals surface area contributed by atoms with E-state index in [2.05, 4.69) is 15.1 Å². The Labute approximate surface area is 102 Å². The molecule has 6 heteroatoms. The first-order chi connectivity index (χ1) is 8.31. The Kier molecular flexibility index (Phi) is 2.40. The quantitative estimate of drug-likeness (QED) is 0.780. The van der Waals surface area contributed by atoms with Gasteiger partial charge in [0.25, 0.3) is 5.95 Å². The van der Waals surface area contributed by atoms with Crippen LogP contribution in [0.5, 0.6) is 0 Å². The van der Waals surface area contributed by atoms with Gasteiger partial charge < -0.3 is 0 Å². The normalized spacial score (nSPS) is 14.9. The second kappa shape index (κ2) is 3.92. The molecule has 17 heavy (non-hydrogen) atoms. The zero-order valence-electron chi connectivity index (χ0n) is 8.88. The van der Waals surface area contributed by atoms with Gasteiger partial charge in [0.2, 0.25) is 0 Å². The molecule has 0 bridgehead atoms. The molecule has 5 nitrogen and oxygen atoms in total. The molecular weight excluding hydrogens is 240 g/mol. The van der Waals surface area contributed by atoms with E-state index < -0.39 is 0 Å². The molecular formula is C11H9ClN4O. The first-order valence-corrected chi connectivity index (χ1v) is 5.70. The van der Waals surface area contributed by atoms with Crippen LogP contribution in [0.2, 0.25) is 5.15 Å². The molecule has 2 heterocycles. The van der Waals surface area contributed by atoms with Crippen LogP contribution in [-0.4, -0.2) is 26.0 Å². The lowest BCUT2D eigenvalue weighted by Crippen LogP contribution is -2.02. The molecule has 2 aromatic heterocycles. The van der Waals surface area contributed by atoms with Crippen LogP contribution < -0.4 is 0 Å². The molecule has 0 saturated heterocycles. The van der Waals surface area contributed by atoms with E-state index in [1.54, 1.807) is 18.5 Å². The molecule has 2 aromatic rings. The first kappa shape index (κ1) is 10.4. The summed E-state index contributed by atoms with van der Waals surface area (Å²) in [4.78, 5) is 19.2. The number of hydrogen-bond donors (Lipinski definition) is 0. The summed E-state index contributed by atoms with van der Waals surface area (Å²) in [6, 6.07) is 1.71. The van der Waals surface area contributed by atoms with Crippen LogP contribution in [0.4, 0.5) is 0 Å². The minimum absolute atomic E-state index is 0.285. The van der Waals surface area contributed by atoms with Crippen molar-refractivity contribution in [3.8, 4) is 5.95 Å².